The van der Waals surface area contributed by atoms with Crippen molar-refractivity contribution in [2.75, 3.05) is 29.1 Å². The van der Waals surface area contributed by atoms with Crippen molar-refractivity contribution in [2.45, 2.75) is 18.0 Å². The molecule has 4 rings (SSSR count). The van der Waals surface area contributed by atoms with Gasteiger partial charge in [-0.3, -0.25) is 4.79 Å². The average Bonchev–Trinajstić information content (AvgIpc) is 3.39. The van der Waals surface area contributed by atoms with Crippen LogP contribution in [0.5, 0.6) is 0 Å². The molecule has 0 saturated carbocycles. The molecule has 1 amide bonds. The normalized spacial score (nSPS) is 13.7. The molecule has 7 nitrogen and oxygen atoms in total. The molecule has 1 aromatic heterocycles. The van der Waals surface area contributed by atoms with E-state index in [4.69, 9.17) is 11.6 Å². The molecule has 28 heavy (non-hydrogen) atoms. The summed E-state index contributed by atoms with van der Waals surface area (Å²) in [5.41, 5.74) is 2.73. The zero-order valence-corrected chi connectivity index (χ0v) is 16.7. The van der Waals surface area contributed by atoms with Gasteiger partial charge in [-0.25, -0.2) is 0 Å². The van der Waals surface area contributed by atoms with E-state index in [0.717, 1.165) is 24.5 Å². The van der Waals surface area contributed by atoms with Crippen molar-refractivity contribution >= 4 is 40.6 Å². The molecule has 0 aliphatic carbocycles. The SMILES string of the molecule is O=C(CSc1nnnn1-c1cccc(Cl)c1)Nc1ccc(N2CCCC2)cc1. The van der Waals surface area contributed by atoms with Crippen LogP contribution in [0.2, 0.25) is 5.02 Å². The summed E-state index contributed by atoms with van der Waals surface area (Å²) < 4.78 is 1.56. The van der Waals surface area contributed by atoms with Crippen molar-refractivity contribution in [3.8, 4) is 5.69 Å². The first-order valence-corrected chi connectivity index (χ1v) is 10.4. The maximum Gasteiger partial charge on any atom is 0.234 e. The second kappa shape index (κ2) is 8.62. The topological polar surface area (TPSA) is 75.9 Å². The Hall–Kier alpha value is -2.58. The number of carbonyl (C=O) groups excluding carboxylic acids is 1. The number of anilines is 2. The summed E-state index contributed by atoms with van der Waals surface area (Å²) in [5, 5.41) is 15.7. The summed E-state index contributed by atoms with van der Waals surface area (Å²) in [5.74, 6) is 0.0917. The van der Waals surface area contributed by atoms with E-state index in [0.29, 0.717) is 10.2 Å². The standard InChI is InChI=1S/C19H19ClN6OS/c20-14-4-3-5-17(12-14)26-19(22-23-24-26)28-13-18(27)21-15-6-8-16(9-7-15)25-10-1-2-11-25/h3-9,12H,1-2,10-11,13H2,(H,21,27). The number of rotatable bonds is 6. The van der Waals surface area contributed by atoms with E-state index in [9.17, 15) is 4.79 Å². The molecule has 144 valence electrons. The maximum atomic E-state index is 12.3. The molecule has 3 aromatic rings. The number of thioether (sulfide) groups is 1. The summed E-state index contributed by atoms with van der Waals surface area (Å²) in [7, 11) is 0. The highest BCUT2D eigenvalue weighted by Crippen LogP contribution is 2.23. The van der Waals surface area contributed by atoms with Gasteiger partial charge < -0.3 is 10.2 Å². The molecule has 0 atom stereocenters. The lowest BCUT2D eigenvalue weighted by Gasteiger charge is -2.17. The molecule has 1 N–H and O–H groups in total. The fourth-order valence-electron chi connectivity index (χ4n) is 3.10. The van der Waals surface area contributed by atoms with Gasteiger partial charge in [0.2, 0.25) is 11.1 Å². The van der Waals surface area contributed by atoms with Crippen LogP contribution in [0.25, 0.3) is 5.69 Å². The fourth-order valence-corrected chi connectivity index (χ4v) is 3.97. The van der Waals surface area contributed by atoms with E-state index in [1.165, 1.54) is 30.3 Å². The highest BCUT2D eigenvalue weighted by atomic mass is 35.5. The molecular formula is C19H19ClN6OS. The molecule has 0 bridgehead atoms. The van der Waals surface area contributed by atoms with Crippen molar-refractivity contribution in [2.24, 2.45) is 0 Å². The lowest BCUT2D eigenvalue weighted by Crippen LogP contribution is -2.18. The molecule has 2 heterocycles. The van der Waals surface area contributed by atoms with Gasteiger partial charge in [-0.15, -0.1) is 5.10 Å². The molecule has 1 fully saturated rings. The van der Waals surface area contributed by atoms with Crippen molar-refractivity contribution in [1.29, 1.82) is 0 Å². The predicted molar refractivity (Wildman–Crippen MR) is 111 cm³/mol. The summed E-state index contributed by atoms with van der Waals surface area (Å²) >= 11 is 7.30. The molecule has 1 aliphatic heterocycles. The van der Waals surface area contributed by atoms with Gasteiger partial charge in [0.05, 0.1) is 11.4 Å². The van der Waals surface area contributed by atoms with Gasteiger partial charge in [-0.05, 0) is 65.7 Å². The first-order chi connectivity index (χ1) is 13.7. The second-order valence-corrected chi connectivity index (χ2v) is 7.81. The average molecular weight is 415 g/mol. The smallest absolute Gasteiger partial charge is 0.234 e. The molecule has 0 spiro atoms. The van der Waals surface area contributed by atoms with Gasteiger partial charge >= 0.3 is 0 Å². The van der Waals surface area contributed by atoms with Crippen LogP contribution >= 0.6 is 23.4 Å². The molecule has 1 aliphatic rings. The number of amides is 1. The number of benzene rings is 2. The lowest BCUT2D eigenvalue weighted by atomic mass is 10.2. The number of aromatic nitrogens is 4. The Bertz CT molecular complexity index is 955. The van der Waals surface area contributed by atoms with Crippen LogP contribution in [-0.2, 0) is 4.79 Å². The zero-order valence-electron chi connectivity index (χ0n) is 15.1. The minimum atomic E-state index is -0.112. The van der Waals surface area contributed by atoms with Crippen LogP contribution in [-0.4, -0.2) is 45.0 Å². The van der Waals surface area contributed by atoms with Crippen LogP contribution in [0.15, 0.2) is 53.7 Å². The number of hydrogen-bond acceptors (Lipinski definition) is 6. The second-order valence-electron chi connectivity index (χ2n) is 6.43. The minimum Gasteiger partial charge on any atom is -0.372 e. The summed E-state index contributed by atoms with van der Waals surface area (Å²) in [6.45, 7) is 2.20. The summed E-state index contributed by atoms with van der Waals surface area (Å²) in [6, 6.07) is 15.2. The molecule has 0 radical (unpaired) electrons. The monoisotopic (exact) mass is 414 g/mol. The van der Waals surface area contributed by atoms with Gasteiger partial charge in [-0.2, -0.15) is 4.68 Å². The minimum absolute atomic E-state index is 0.112. The van der Waals surface area contributed by atoms with E-state index in [2.05, 4.69) is 25.7 Å². The fraction of sp³-hybridized carbons (Fsp3) is 0.263. The lowest BCUT2D eigenvalue weighted by molar-refractivity contribution is -0.113. The number of nitrogens with zero attached hydrogens (tertiary/aromatic N) is 5. The predicted octanol–water partition coefficient (Wildman–Crippen LogP) is 3.65. The largest absolute Gasteiger partial charge is 0.372 e. The third-order valence-electron chi connectivity index (χ3n) is 4.45. The highest BCUT2D eigenvalue weighted by Gasteiger charge is 2.14. The van der Waals surface area contributed by atoms with Crippen LogP contribution in [0.1, 0.15) is 12.8 Å². The van der Waals surface area contributed by atoms with Gasteiger partial charge in [0.15, 0.2) is 0 Å². The zero-order chi connectivity index (χ0) is 19.3. The third-order valence-corrected chi connectivity index (χ3v) is 5.60. The van der Waals surface area contributed by atoms with Crippen molar-refractivity contribution < 1.29 is 4.79 Å². The van der Waals surface area contributed by atoms with Crippen LogP contribution < -0.4 is 10.2 Å². The van der Waals surface area contributed by atoms with Crippen molar-refractivity contribution in [3.63, 3.8) is 0 Å². The summed E-state index contributed by atoms with van der Waals surface area (Å²) in [6.07, 6.45) is 2.48. The Morgan fingerprint density at radius 3 is 2.64 bits per heavy atom. The Morgan fingerprint density at radius 2 is 1.89 bits per heavy atom. The maximum absolute atomic E-state index is 12.3. The van der Waals surface area contributed by atoms with Crippen LogP contribution in [0.4, 0.5) is 11.4 Å². The Morgan fingerprint density at radius 1 is 1.11 bits per heavy atom. The number of nitrogens with one attached hydrogen (secondary N) is 1. The third kappa shape index (κ3) is 4.45. The van der Waals surface area contributed by atoms with E-state index in [1.54, 1.807) is 16.8 Å². The van der Waals surface area contributed by atoms with E-state index in [-0.39, 0.29) is 11.7 Å². The number of tetrazole rings is 1. The molecule has 2 aromatic carbocycles. The van der Waals surface area contributed by atoms with Gasteiger partial charge in [-0.1, -0.05) is 29.4 Å². The number of carbonyl (C=O) groups is 1. The molecule has 9 heteroatoms. The Kier molecular flexibility index (Phi) is 5.78. The summed E-state index contributed by atoms with van der Waals surface area (Å²) in [4.78, 5) is 14.7. The molecule has 1 saturated heterocycles. The van der Waals surface area contributed by atoms with Gasteiger partial charge in [0, 0.05) is 29.5 Å². The van der Waals surface area contributed by atoms with Crippen LogP contribution in [0, 0.1) is 0 Å². The van der Waals surface area contributed by atoms with E-state index in [1.807, 2.05) is 36.4 Å². The first-order valence-electron chi connectivity index (χ1n) is 9.01. The number of hydrogen-bond donors (Lipinski definition) is 1. The quantitative estimate of drug-likeness (QED) is 0.620. The van der Waals surface area contributed by atoms with E-state index < -0.39 is 0 Å². The molecular weight excluding hydrogens is 396 g/mol. The van der Waals surface area contributed by atoms with Crippen molar-refractivity contribution in [1.82, 2.24) is 20.2 Å². The van der Waals surface area contributed by atoms with Crippen LogP contribution in [0.3, 0.4) is 0 Å². The Balaban J connectivity index is 1.34. The van der Waals surface area contributed by atoms with Gasteiger partial charge in [0.25, 0.3) is 0 Å². The number of halogens is 1. The first kappa shape index (κ1) is 18.8. The molecule has 0 unspecified atom stereocenters. The van der Waals surface area contributed by atoms with Gasteiger partial charge in [0.1, 0.15) is 0 Å². The van der Waals surface area contributed by atoms with Crippen molar-refractivity contribution in [3.05, 3.63) is 53.6 Å². The highest BCUT2D eigenvalue weighted by molar-refractivity contribution is 7.99. The Labute approximate surface area is 172 Å². The van der Waals surface area contributed by atoms with E-state index >= 15 is 0 Å².